The summed E-state index contributed by atoms with van der Waals surface area (Å²) in [5.74, 6) is -0.387. The fourth-order valence-electron chi connectivity index (χ4n) is 2.42. The van der Waals surface area contributed by atoms with Gasteiger partial charge in [0.25, 0.3) is 5.91 Å². The summed E-state index contributed by atoms with van der Waals surface area (Å²) in [4.78, 5) is 29.8. The Hall–Kier alpha value is -2.61. The SMILES string of the molecule is COc1cc(CN(CC(=O)O)C(=O)c2csc(C(C)(C)C)n2)cc(OC)c1. The molecule has 1 heterocycles. The van der Waals surface area contributed by atoms with Gasteiger partial charge in [-0.1, -0.05) is 20.8 Å². The van der Waals surface area contributed by atoms with E-state index in [-0.39, 0.29) is 17.7 Å². The minimum atomic E-state index is -1.09. The van der Waals surface area contributed by atoms with Crippen LogP contribution < -0.4 is 9.47 Å². The van der Waals surface area contributed by atoms with Crippen LogP contribution >= 0.6 is 11.3 Å². The van der Waals surface area contributed by atoms with Crippen LogP contribution in [0.5, 0.6) is 11.5 Å². The first kappa shape index (κ1) is 20.7. The number of benzene rings is 1. The lowest BCUT2D eigenvalue weighted by molar-refractivity contribution is -0.137. The lowest BCUT2D eigenvalue weighted by Gasteiger charge is -2.21. The summed E-state index contributed by atoms with van der Waals surface area (Å²) in [5.41, 5.74) is 0.772. The Morgan fingerprint density at radius 3 is 2.19 bits per heavy atom. The van der Waals surface area contributed by atoms with Crippen molar-refractivity contribution in [1.29, 1.82) is 0 Å². The quantitative estimate of drug-likeness (QED) is 0.778. The zero-order valence-corrected chi connectivity index (χ0v) is 16.9. The van der Waals surface area contributed by atoms with E-state index in [1.54, 1.807) is 23.6 Å². The Labute approximate surface area is 162 Å². The number of ether oxygens (including phenoxy) is 2. The molecule has 0 aliphatic heterocycles. The predicted octanol–water partition coefficient (Wildman–Crippen LogP) is 3.18. The van der Waals surface area contributed by atoms with Crippen molar-refractivity contribution in [2.45, 2.75) is 32.7 Å². The zero-order valence-electron chi connectivity index (χ0n) is 16.1. The lowest BCUT2D eigenvalue weighted by Crippen LogP contribution is -2.35. The van der Waals surface area contributed by atoms with E-state index >= 15 is 0 Å². The molecule has 0 aliphatic rings. The van der Waals surface area contributed by atoms with Crippen LogP contribution in [-0.2, 0) is 16.8 Å². The Balaban J connectivity index is 2.31. The molecule has 0 fully saturated rings. The number of hydrogen-bond donors (Lipinski definition) is 1. The van der Waals surface area contributed by atoms with Gasteiger partial charge in [0, 0.05) is 23.4 Å². The van der Waals surface area contributed by atoms with Crippen molar-refractivity contribution in [1.82, 2.24) is 9.88 Å². The number of carboxylic acid groups (broad SMARTS) is 1. The molecule has 8 heteroatoms. The summed E-state index contributed by atoms with van der Waals surface area (Å²) in [6.45, 7) is 5.70. The molecule has 7 nitrogen and oxygen atoms in total. The molecule has 1 aromatic carbocycles. The number of aromatic nitrogens is 1. The van der Waals surface area contributed by atoms with Crippen LogP contribution in [0.3, 0.4) is 0 Å². The highest BCUT2D eigenvalue weighted by molar-refractivity contribution is 7.10. The van der Waals surface area contributed by atoms with Crippen molar-refractivity contribution in [2.75, 3.05) is 20.8 Å². The Morgan fingerprint density at radius 1 is 1.15 bits per heavy atom. The number of hydrogen-bond acceptors (Lipinski definition) is 6. The molecule has 0 radical (unpaired) electrons. The summed E-state index contributed by atoms with van der Waals surface area (Å²) in [6.07, 6.45) is 0. The summed E-state index contributed by atoms with van der Waals surface area (Å²) < 4.78 is 10.5. The van der Waals surface area contributed by atoms with Crippen molar-refractivity contribution < 1.29 is 24.2 Å². The smallest absolute Gasteiger partial charge is 0.323 e. The zero-order chi connectivity index (χ0) is 20.2. The van der Waals surface area contributed by atoms with Crippen molar-refractivity contribution in [3.05, 3.63) is 39.8 Å². The average molecular weight is 392 g/mol. The standard InChI is InChI=1S/C19H24N2O5S/c1-19(2,3)18-20-15(11-27-18)17(24)21(10-16(22)23)9-12-6-13(25-4)8-14(7-12)26-5/h6-8,11H,9-10H2,1-5H3,(H,22,23). The molecule has 1 N–H and O–H groups in total. The van der Waals surface area contributed by atoms with Gasteiger partial charge in [-0.05, 0) is 17.7 Å². The fourth-order valence-corrected chi connectivity index (χ4v) is 3.30. The third kappa shape index (κ3) is 5.43. The van der Waals surface area contributed by atoms with E-state index in [4.69, 9.17) is 9.47 Å². The van der Waals surface area contributed by atoms with Crippen molar-refractivity contribution in [2.24, 2.45) is 0 Å². The number of carbonyl (C=O) groups excluding carboxylic acids is 1. The van der Waals surface area contributed by atoms with Crippen molar-refractivity contribution in [3.8, 4) is 11.5 Å². The third-order valence-electron chi connectivity index (χ3n) is 3.76. The van der Waals surface area contributed by atoms with Crippen molar-refractivity contribution in [3.63, 3.8) is 0 Å². The van der Waals surface area contributed by atoms with Gasteiger partial charge in [-0.15, -0.1) is 11.3 Å². The largest absolute Gasteiger partial charge is 0.497 e. The second-order valence-corrected chi connectivity index (χ2v) is 7.92. The predicted molar refractivity (Wildman–Crippen MR) is 103 cm³/mol. The van der Waals surface area contributed by atoms with E-state index < -0.39 is 18.4 Å². The first-order valence-electron chi connectivity index (χ1n) is 8.33. The summed E-state index contributed by atoms with van der Waals surface area (Å²) in [5, 5.41) is 11.7. The lowest BCUT2D eigenvalue weighted by atomic mass is 9.98. The highest BCUT2D eigenvalue weighted by Gasteiger charge is 2.25. The second kappa shape index (κ2) is 8.39. The molecule has 27 heavy (non-hydrogen) atoms. The van der Waals surface area contributed by atoms with Crippen LogP contribution in [0.2, 0.25) is 0 Å². The van der Waals surface area contributed by atoms with Crippen molar-refractivity contribution >= 4 is 23.2 Å². The van der Waals surface area contributed by atoms with Gasteiger partial charge in [-0.25, -0.2) is 4.98 Å². The first-order valence-corrected chi connectivity index (χ1v) is 9.21. The molecular formula is C19H24N2O5S. The number of carboxylic acids is 1. The van der Waals surface area contributed by atoms with Gasteiger partial charge < -0.3 is 19.5 Å². The molecule has 0 unspecified atom stereocenters. The van der Waals surface area contributed by atoms with Gasteiger partial charge in [0.05, 0.1) is 19.2 Å². The van der Waals surface area contributed by atoms with Gasteiger partial charge in [0.2, 0.25) is 0 Å². The van der Waals surface area contributed by atoms with E-state index in [9.17, 15) is 14.7 Å². The molecule has 0 aliphatic carbocycles. The van der Waals surface area contributed by atoms with E-state index in [0.717, 1.165) is 5.01 Å². The second-order valence-electron chi connectivity index (χ2n) is 7.06. The van der Waals surface area contributed by atoms with Gasteiger partial charge >= 0.3 is 5.97 Å². The number of methoxy groups -OCH3 is 2. The monoisotopic (exact) mass is 392 g/mol. The first-order chi connectivity index (χ1) is 12.6. The normalized spacial score (nSPS) is 11.1. The van der Waals surface area contributed by atoms with Gasteiger partial charge in [0.15, 0.2) is 0 Å². The number of aliphatic carboxylic acids is 1. The molecule has 0 spiro atoms. The number of carbonyl (C=O) groups is 2. The maximum Gasteiger partial charge on any atom is 0.323 e. The van der Waals surface area contributed by atoms with E-state index in [0.29, 0.717) is 17.1 Å². The maximum absolute atomic E-state index is 12.9. The minimum Gasteiger partial charge on any atom is -0.497 e. The molecule has 0 saturated carbocycles. The van der Waals surface area contributed by atoms with Crippen LogP contribution in [0.1, 0.15) is 41.8 Å². The third-order valence-corrected chi connectivity index (χ3v) is 5.03. The number of thiazole rings is 1. The topological polar surface area (TPSA) is 89.0 Å². The van der Waals surface area contributed by atoms with Crippen LogP contribution in [0.15, 0.2) is 23.6 Å². The summed E-state index contributed by atoms with van der Waals surface area (Å²) >= 11 is 1.39. The molecule has 0 saturated heterocycles. The Kier molecular flexibility index (Phi) is 6.43. The molecule has 2 aromatic rings. The maximum atomic E-state index is 12.9. The van der Waals surface area contributed by atoms with Gasteiger partial charge in [0.1, 0.15) is 23.7 Å². The number of nitrogens with zero attached hydrogens (tertiary/aromatic N) is 2. The number of amides is 1. The van der Waals surface area contributed by atoms with Gasteiger partial charge in [-0.3, -0.25) is 9.59 Å². The molecular weight excluding hydrogens is 368 g/mol. The molecule has 1 aromatic heterocycles. The highest BCUT2D eigenvalue weighted by atomic mass is 32.1. The Bertz CT molecular complexity index is 803. The Morgan fingerprint density at radius 2 is 1.74 bits per heavy atom. The molecule has 2 rings (SSSR count). The van der Waals surface area contributed by atoms with Crippen LogP contribution in [0, 0.1) is 0 Å². The summed E-state index contributed by atoms with van der Waals surface area (Å²) in [7, 11) is 3.06. The van der Waals surface area contributed by atoms with E-state index in [1.807, 2.05) is 20.8 Å². The number of rotatable bonds is 7. The van der Waals surface area contributed by atoms with Gasteiger partial charge in [-0.2, -0.15) is 0 Å². The van der Waals surface area contributed by atoms with Crippen LogP contribution in [-0.4, -0.2) is 47.6 Å². The van der Waals surface area contributed by atoms with E-state index in [2.05, 4.69) is 4.98 Å². The summed E-state index contributed by atoms with van der Waals surface area (Å²) in [6, 6.07) is 5.20. The molecule has 0 bridgehead atoms. The molecule has 146 valence electrons. The van der Waals surface area contributed by atoms with E-state index in [1.165, 1.54) is 30.5 Å². The highest BCUT2D eigenvalue weighted by Crippen LogP contribution is 2.27. The van der Waals surface area contributed by atoms with Crippen LogP contribution in [0.25, 0.3) is 0 Å². The fraction of sp³-hybridized carbons (Fsp3) is 0.421. The molecule has 0 atom stereocenters. The minimum absolute atomic E-state index is 0.0983. The average Bonchev–Trinajstić information content (AvgIpc) is 3.10. The molecule has 1 amide bonds. The van der Waals surface area contributed by atoms with Crippen LogP contribution in [0.4, 0.5) is 0 Å².